The number of aliphatic hydroxyl groups is 1. The van der Waals surface area contributed by atoms with Crippen LogP contribution < -0.4 is 0 Å². The number of unbranched alkanes of at least 4 members (excludes halogenated alkanes) is 5. The van der Waals surface area contributed by atoms with Crippen LogP contribution in [0.3, 0.4) is 0 Å². The van der Waals surface area contributed by atoms with Crippen molar-refractivity contribution in [3.05, 3.63) is 35.6 Å². The van der Waals surface area contributed by atoms with E-state index in [1.165, 1.54) is 38.2 Å². The summed E-state index contributed by atoms with van der Waals surface area (Å²) in [7, 11) is 0. The van der Waals surface area contributed by atoms with Gasteiger partial charge < -0.3 is 5.11 Å². The fraction of sp³-hybridized carbons (Fsp3) is 0.739. The molecule has 0 aromatic heterocycles. The summed E-state index contributed by atoms with van der Waals surface area (Å²) in [6.45, 7) is 10.7. The fourth-order valence-corrected chi connectivity index (χ4v) is 4.23. The molecule has 1 nitrogen and oxygen atoms in total. The van der Waals surface area contributed by atoms with Gasteiger partial charge in [-0.3, -0.25) is 0 Å². The Morgan fingerprint density at radius 2 is 1.56 bits per heavy atom. The molecule has 1 N–H and O–H groups in total. The van der Waals surface area contributed by atoms with E-state index >= 15 is 0 Å². The molecule has 0 aliphatic heterocycles. The molecule has 0 aliphatic rings. The molecule has 144 valence electrons. The predicted molar refractivity (Wildman–Crippen MR) is 106 cm³/mol. The van der Waals surface area contributed by atoms with E-state index in [2.05, 4.69) is 34.6 Å². The monoisotopic (exact) mass is 350 g/mol. The zero-order chi connectivity index (χ0) is 18.9. The summed E-state index contributed by atoms with van der Waals surface area (Å²) in [5.41, 5.74) is 0.283. The summed E-state index contributed by atoms with van der Waals surface area (Å²) in [4.78, 5) is 0. The smallest absolute Gasteiger partial charge is 0.123 e. The van der Waals surface area contributed by atoms with Gasteiger partial charge in [-0.25, -0.2) is 4.39 Å². The molecule has 1 aromatic carbocycles. The van der Waals surface area contributed by atoms with E-state index < -0.39 is 5.60 Å². The van der Waals surface area contributed by atoms with Crippen molar-refractivity contribution in [1.29, 1.82) is 0 Å². The zero-order valence-electron chi connectivity index (χ0n) is 17.0. The Balaban J connectivity index is 2.82. The van der Waals surface area contributed by atoms with Crippen LogP contribution in [0.5, 0.6) is 0 Å². The summed E-state index contributed by atoms with van der Waals surface area (Å²) >= 11 is 0. The largest absolute Gasteiger partial charge is 0.389 e. The van der Waals surface area contributed by atoms with Crippen molar-refractivity contribution in [2.75, 3.05) is 0 Å². The van der Waals surface area contributed by atoms with Gasteiger partial charge in [-0.2, -0.15) is 0 Å². The van der Waals surface area contributed by atoms with Gasteiger partial charge in [-0.1, -0.05) is 85.3 Å². The summed E-state index contributed by atoms with van der Waals surface area (Å²) in [5, 5.41) is 11.5. The first kappa shape index (κ1) is 22.2. The molecule has 1 unspecified atom stereocenters. The SMILES string of the molecule is CCCCCCCCC(Cc1cccc(F)c1)C(O)(C(C)C)C(C)C. The van der Waals surface area contributed by atoms with Crippen molar-refractivity contribution in [3.63, 3.8) is 0 Å². The molecule has 25 heavy (non-hydrogen) atoms. The van der Waals surface area contributed by atoms with E-state index in [1.54, 1.807) is 12.1 Å². The molecule has 0 heterocycles. The lowest BCUT2D eigenvalue weighted by Gasteiger charge is -2.43. The Bertz CT molecular complexity index is 473. The van der Waals surface area contributed by atoms with E-state index in [1.807, 2.05) is 6.07 Å². The van der Waals surface area contributed by atoms with Gasteiger partial charge in [0.25, 0.3) is 0 Å². The molecule has 0 saturated heterocycles. The van der Waals surface area contributed by atoms with E-state index in [0.717, 1.165) is 24.8 Å². The molecule has 1 rings (SSSR count). The molecule has 2 heteroatoms. The molecule has 1 atom stereocenters. The van der Waals surface area contributed by atoms with Crippen LogP contribution in [0.1, 0.15) is 85.1 Å². The molecule has 1 aromatic rings. The Hall–Kier alpha value is -0.890. The Labute approximate surface area is 155 Å². The van der Waals surface area contributed by atoms with E-state index in [-0.39, 0.29) is 23.6 Å². The van der Waals surface area contributed by atoms with Gasteiger partial charge in [0.2, 0.25) is 0 Å². The highest BCUT2D eigenvalue weighted by Gasteiger charge is 2.41. The molecule has 0 aliphatic carbocycles. The molecule has 0 radical (unpaired) electrons. The normalized spacial score (nSPS) is 13.6. The maximum atomic E-state index is 13.6. The van der Waals surface area contributed by atoms with Gasteiger partial charge in [0, 0.05) is 0 Å². The average molecular weight is 351 g/mol. The minimum absolute atomic E-state index is 0.167. The van der Waals surface area contributed by atoms with Crippen molar-refractivity contribution in [1.82, 2.24) is 0 Å². The highest BCUT2D eigenvalue weighted by molar-refractivity contribution is 5.18. The summed E-state index contributed by atoms with van der Waals surface area (Å²) < 4.78 is 13.6. The topological polar surface area (TPSA) is 20.2 Å². The lowest BCUT2D eigenvalue weighted by molar-refractivity contribution is -0.0989. The van der Waals surface area contributed by atoms with E-state index in [0.29, 0.717) is 0 Å². The zero-order valence-corrected chi connectivity index (χ0v) is 17.0. The lowest BCUT2D eigenvalue weighted by atomic mass is 9.67. The third-order valence-electron chi connectivity index (χ3n) is 5.78. The highest BCUT2D eigenvalue weighted by atomic mass is 19.1. The molecule has 0 spiro atoms. The quantitative estimate of drug-likeness (QED) is 0.412. The second-order valence-corrected chi connectivity index (χ2v) is 8.28. The fourth-order valence-electron chi connectivity index (χ4n) is 4.23. The van der Waals surface area contributed by atoms with Crippen LogP contribution in [0, 0.1) is 23.6 Å². The third-order valence-corrected chi connectivity index (χ3v) is 5.78. The summed E-state index contributed by atoms with van der Waals surface area (Å²) in [6, 6.07) is 6.87. The Morgan fingerprint density at radius 1 is 0.960 bits per heavy atom. The molecule has 0 bridgehead atoms. The second kappa shape index (κ2) is 11.0. The number of rotatable bonds is 12. The van der Waals surface area contributed by atoms with Crippen LogP contribution in [-0.2, 0) is 6.42 Å². The van der Waals surface area contributed by atoms with Gasteiger partial charge in [-0.15, -0.1) is 0 Å². The van der Waals surface area contributed by atoms with Gasteiger partial charge >= 0.3 is 0 Å². The second-order valence-electron chi connectivity index (χ2n) is 8.28. The Kier molecular flexibility index (Phi) is 9.71. The number of benzene rings is 1. The molecule has 0 amide bonds. The number of hydrogen-bond acceptors (Lipinski definition) is 1. The van der Waals surface area contributed by atoms with Crippen LogP contribution in [-0.4, -0.2) is 10.7 Å². The van der Waals surface area contributed by atoms with Gasteiger partial charge in [0.05, 0.1) is 5.60 Å². The third kappa shape index (κ3) is 6.73. The minimum Gasteiger partial charge on any atom is -0.389 e. The number of halogens is 1. The van der Waals surface area contributed by atoms with E-state index in [9.17, 15) is 9.50 Å². The van der Waals surface area contributed by atoms with Gasteiger partial charge in [0.15, 0.2) is 0 Å². The van der Waals surface area contributed by atoms with Crippen molar-refractivity contribution in [2.24, 2.45) is 17.8 Å². The average Bonchev–Trinajstić information content (AvgIpc) is 2.55. The first-order valence-electron chi connectivity index (χ1n) is 10.3. The van der Waals surface area contributed by atoms with Crippen LogP contribution in [0.4, 0.5) is 4.39 Å². The van der Waals surface area contributed by atoms with Gasteiger partial charge in [-0.05, 0) is 48.3 Å². The molecular formula is C23H39FO. The maximum Gasteiger partial charge on any atom is 0.123 e. The van der Waals surface area contributed by atoms with Crippen molar-refractivity contribution in [2.45, 2.75) is 91.6 Å². The van der Waals surface area contributed by atoms with Crippen LogP contribution in [0.15, 0.2) is 24.3 Å². The van der Waals surface area contributed by atoms with Crippen LogP contribution in [0.2, 0.25) is 0 Å². The van der Waals surface area contributed by atoms with Crippen LogP contribution in [0.25, 0.3) is 0 Å². The highest BCUT2D eigenvalue weighted by Crippen LogP contribution is 2.38. The molecule has 0 saturated carbocycles. The summed E-state index contributed by atoms with van der Waals surface area (Å²) in [6.07, 6.45) is 9.30. The maximum absolute atomic E-state index is 13.6. The molecule has 0 fully saturated rings. The van der Waals surface area contributed by atoms with Crippen molar-refractivity contribution in [3.8, 4) is 0 Å². The number of hydrogen-bond donors (Lipinski definition) is 1. The van der Waals surface area contributed by atoms with Crippen molar-refractivity contribution < 1.29 is 9.50 Å². The van der Waals surface area contributed by atoms with Gasteiger partial charge in [0.1, 0.15) is 5.82 Å². The first-order chi connectivity index (χ1) is 11.8. The minimum atomic E-state index is -0.713. The lowest BCUT2D eigenvalue weighted by Crippen LogP contribution is -2.48. The Morgan fingerprint density at radius 3 is 2.12 bits per heavy atom. The van der Waals surface area contributed by atoms with Crippen LogP contribution >= 0.6 is 0 Å². The van der Waals surface area contributed by atoms with Crippen molar-refractivity contribution >= 4 is 0 Å². The van der Waals surface area contributed by atoms with E-state index in [4.69, 9.17) is 0 Å². The molecular weight excluding hydrogens is 311 g/mol. The standard InChI is InChI=1S/C23H39FO/c1-6-7-8-9-10-11-14-21(23(25,18(2)3)19(4)5)16-20-13-12-15-22(24)17-20/h12-13,15,17-19,21,25H,6-11,14,16H2,1-5H3. The first-order valence-corrected chi connectivity index (χ1v) is 10.3. The predicted octanol–water partition coefficient (Wildman–Crippen LogP) is 6.78. The summed E-state index contributed by atoms with van der Waals surface area (Å²) in [5.74, 6) is 0.353.